The zero-order valence-electron chi connectivity index (χ0n) is 19.9. The summed E-state index contributed by atoms with van der Waals surface area (Å²) in [5.41, 5.74) is 2.82. The summed E-state index contributed by atoms with van der Waals surface area (Å²) in [7, 11) is 3.17. The maximum atomic E-state index is 13.7. The summed E-state index contributed by atoms with van der Waals surface area (Å²) in [5, 5.41) is 9.42. The fraction of sp³-hybridized carbons (Fsp3) is 0.321. The molecule has 0 saturated carbocycles. The molecule has 1 aliphatic rings. The second-order valence-electron chi connectivity index (χ2n) is 8.63. The number of benzene rings is 3. The highest BCUT2D eigenvalue weighted by molar-refractivity contribution is 5.70. The second kappa shape index (κ2) is 11.2. The number of ether oxygens (including phenoxy) is 3. The van der Waals surface area contributed by atoms with Crippen molar-refractivity contribution in [2.24, 2.45) is 5.92 Å². The number of halogens is 1. The standard InChI is InChI=1S/C28H30FNO5/c1-33-24-16-22(17-25(34-2)27(24)35-18-19-6-4-3-5-7-19)26(20-8-10-23(29)11-9-20)30-14-12-21(13-15-30)28(31)32/h3-11,16-17,21,26H,12-15,18H2,1-2H3,(H,31,32). The van der Waals surface area contributed by atoms with Crippen molar-refractivity contribution in [1.82, 2.24) is 4.90 Å². The molecule has 1 N–H and O–H groups in total. The monoisotopic (exact) mass is 479 g/mol. The second-order valence-corrected chi connectivity index (χ2v) is 8.63. The van der Waals surface area contributed by atoms with Gasteiger partial charge in [0.2, 0.25) is 5.75 Å². The van der Waals surface area contributed by atoms with Crippen LogP contribution in [0.4, 0.5) is 4.39 Å². The molecular weight excluding hydrogens is 449 g/mol. The van der Waals surface area contributed by atoms with Crippen LogP contribution in [0.1, 0.15) is 35.6 Å². The molecule has 0 aliphatic carbocycles. The predicted octanol–water partition coefficient (Wildman–Crippen LogP) is 5.31. The third kappa shape index (κ3) is 5.74. The zero-order valence-corrected chi connectivity index (χ0v) is 19.9. The number of nitrogens with zero attached hydrogens (tertiary/aromatic N) is 1. The average Bonchev–Trinajstić information content (AvgIpc) is 2.89. The minimum atomic E-state index is -0.758. The Morgan fingerprint density at radius 1 is 0.971 bits per heavy atom. The topological polar surface area (TPSA) is 68.2 Å². The average molecular weight is 480 g/mol. The van der Waals surface area contributed by atoms with Crippen LogP contribution in [0.3, 0.4) is 0 Å². The third-order valence-electron chi connectivity index (χ3n) is 6.45. The van der Waals surface area contributed by atoms with Crippen molar-refractivity contribution in [2.45, 2.75) is 25.5 Å². The Labute approximate surface area is 204 Å². The summed E-state index contributed by atoms with van der Waals surface area (Å²) in [6.07, 6.45) is 1.11. The summed E-state index contributed by atoms with van der Waals surface area (Å²) in [6.45, 7) is 1.57. The molecule has 6 nitrogen and oxygen atoms in total. The maximum Gasteiger partial charge on any atom is 0.306 e. The molecule has 3 aromatic carbocycles. The molecule has 1 heterocycles. The fourth-order valence-electron chi connectivity index (χ4n) is 4.59. The van der Waals surface area contributed by atoms with Gasteiger partial charge in [-0.3, -0.25) is 9.69 Å². The lowest BCUT2D eigenvalue weighted by Crippen LogP contribution is -2.39. The Morgan fingerprint density at radius 3 is 2.11 bits per heavy atom. The Kier molecular flexibility index (Phi) is 7.87. The van der Waals surface area contributed by atoms with E-state index in [2.05, 4.69) is 4.90 Å². The summed E-state index contributed by atoms with van der Waals surface area (Å²) in [5.74, 6) is 0.150. The molecule has 1 unspecified atom stereocenters. The number of methoxy groups -OCH3 is 2. The van der Waals surface area contributed by atoms with Gasteiger partial charge < -0.3 is 19.3 Å². The Bertz CT molecular complexity index is 1100. The first-order valence-corrected chi connectivity index (χ1v) is 11.6. The first kappa shape index (κ1) is 24.5. The van der Waals surface area contributed by atoms with Gasteiger partial charge in [0, 0.05) is 0 Å². The van der Waals surface area contributed by atoms with E-state index < -0.39 is 5.97 Å². The lowest BCUT2D eigenvalue weighted by molar-refractivity contribution is -0.143. The van der Waals surface area contributed by atoms with Gasteiger partial charge in [0.1, 0.15) is 12.4 Å². The quantitative estimate of drug-likeness (QED) is 0.449. The number of carboxylic acid groups (broad SMARTS) is 1. The highest BCUT2D eigenvalue weighted by Gasteiger charge is 2.31. The SMILES string of the molecule is COc1cc(C(c2ccc(F)cc2)N2CCC(C(=O)O)CC2)cc(OC)c1OCc1ccccc1. The van der Waals surface area contributed by atoms with Crippen molar-refractivity contribution in [3.05, 3.63) is 89.2 Å². The molecule has 184 valence electrons. The van der Waals surface area contributed by atoms with Crippen molar-refractivity contribution in [1.29, 1.82) is 0 Å². The number of hydrogen-bond acceptors (Lipinski definition) is 5. The van der Waals surface area contributed by atoms with E-state index in [1.807, 2.05) is 42.5 Å². The van der Waals surface area contributed by atoms with Gasteiger partial charge in [0.05, 0.1) is 26.2 Å². The van der Waals surface area contributed by atoms with Crippen LogP contribution < -0.4 is 14.2 Å². The molecule has 0 aromatic heterocycles. The van der Waals surface area contributed by atoms with Crippen molar-refractivity contribution in [3.8, 4) is 17.2 Å². The maximum absolute atomic E-state index is 13.7. The normalized spacial score (nSPS) is 15.4. The van der Waals surface area contributed by atoms with E-state index in [4.69, 9.17) is 14.2 Å². The number of carboxylic acids is 1. The molecule has 0 amide bonds. The molecule has 0 radical (unpaired) electrons. The minimum absolute atomic E-state index is 0.226. The Hall–Kier alpha value is -3.58. The van der Waals surface area contributed by atoms with Crippen molar-refractivity contribution >= 4 is 5.97 Å². The van der Waals surface area contributed by atoms with Crippen LogP contribution in [0, 0.1) is 11.7 Å². The molecule has 7 heteroatoms. The number of likely N-dealkylation sites (tertiary alicyclic amines) is 1. The first-order chi connectivity index (χ1) is 17.0. The molecule has 0 bridgehead atoms. The Morgan fingerprint density at radius 2 is 1.57 bits per heavy atom. The molecule has 4 rings (SSSR count). The van der Waals surface area contributed by atoms with Crippen LogP contribution in [0.25, 0.3) is 0 Å². The van der Waals surface area contributed by atoms with Gasteiger partial charge in [0.15, 0.2) is 11.5 Å². The number of aliphatic carboxylic acids is 1. The first-order valence-electron chi connectivity index (χ1n) is 11.6. The van der Waals surface area contributed by atoms with Crippen LogP contribution in [-0.4, -0.2) is 43.3 Å². The van der Waals surface area contributed by atoms with Gasteiger partial charge in [-0.05, 0) is 66.9 Å². The smallest absolute Gasteiger partial charge is 0.306 e. The molecule has 0 spiro atoms. The molecular formula is C28H30FNO5. The molecule has 35 heavy (non-hydrogen) atoms. The van der Waals surface area contributed by atoms with E-state index in [9.17, 15) is 14.3 Å². The van der Waals surface area contributed by atoms with Crippen LogP contribution in [0.5, 0.6) is 17.2 Å². The Balaban J connectivity index is 1.69. The largest absolute Gasteiger partial charge is 0.493 e. The number of piperidine rings is 1. The van der Waals surface area contributed by atoms with Gasteiger partial charge in [-0.25, -0.2) is 4.39 Å². The van der Waals surface area contributed by atoms with Crippen molar-refractivity contribution < 1.29 is 28.5 Å². The summed E-state index contributed by atoms with van der Waals surface area (Å²) >= 11 is 0. The highest BCUT2D eigenvalue weighted by atomic mass is 19.1. The highest BCUT2D eigenvalue weighted by Crippen LogP contribution is 2.43. The van der Waals surface area contributed by atoms with Crippen LogP contribution in [0.2, 0.25) is 0 Å². The molecule has 1 aliphatic heterocycles. The van der Waals surface area contributed by atoms with Gasteiger partial charge >= 0.3 is 5.97 Å². The summed E-state index contributed by atoms with van der Waals surface area (Å²) < 4.78 is 31.2. The van der Waals surface area contributed by atoms with Crippen LogP contribution in [0.15, 0.2) is 66.7 Å². The molecule has 1 saturated heterocycles. The van der Waals surface area contributed by atoms with E-state index in [-0.39, 0.29) is 17.8 Å². The summed E-state index contributed by atoms with van der Waals surface area (Å²) in [6, 6.07) is 19.9. The summed E-state index contributed by atoms with van der Waals surface area (Å²) in [4.78, 5) is 13.7. The van der Waals surface area contributed by atoms with Gasteiger partial charge in [-0.1, -0.05) is 42.5 Å². The molecule has 3 aromatic rings. The minimum Gasteiger partial charge on any atom is -0.493 e. The third-order valence-corrected chi connectivity index (χ3v) is 6.45. The van der Waals surface area contributed by atoms with E-state index in [0.717, 1.165) is 16.7 Å². The number of hydrogen-bond donors (Lipinski definition) is 1. The van der Waals surface area contributed by atoms with E-state index in [1.165, 1.54) is 12.1 Å². The number of carbonyl (C=O) groups is 1. The lowest BCUT2D eigenvalue weighted by atomic mass is 9.91. The fourth-order valence-corrected chi connectivity index (χ4v) is 4.59. The van der Waals surface area contributed by atoms with Gasteiger partial charge in [0.25, 0.3) is 0 Å². The predicted molar refractivity (Wildman–Crippen MR) is 130 cm³/mol. The van der Waals surface area contributed by atoms with E-state index >= 15 is 0 Å². The van der Waals surface area contributed by atoms with Gasteiger partial charge in [-0.15, -0.1) is 0 Å². The zero-order chi connectivity index (χ0) is 24.8. The number of rotatable bonds is 9. The van der Waals surface area contributed by atoms with Crippen molar-refractivity contribution in [2.75, 3.05) is 27.3 Å². The van der Waals surface area contributed by atoms with Crippen LogP contribution >= 0.6 is 0 Å². The van der Waals surface area contributed by atoms with Gasteiger partial charge in [-0.2, -0.15) is 0 Å². The molecule has 1 fully saturated rings. The van der Waals surface area contributed by atoms with Crippen molar-refractivity contribution in [3.63, 3.8) is 0 Å². The molecule has 1 atom stereocenters. The van der Waals surface area contributed by atoms with E-state index in [1.54, 1.807) is 26.4 Å². The van der Waals surface area contributed by atoms with Crippen LogP contribution in [-0.2, 0) is 11.4 Å². The lowest BCUT2D eigenvalue weighted by Gasteiger charge is -2.37. The van der Waals surface area contributed by atoms with E-state index in [0.29, 0.717) is 49.8 Å².